The first-order chi connectivity index (χ1) is 23.4. The molecule has 4 aromatic heterocycles. The van der Waals surface area contributed by atoms with Crippen molar-refractivity contribution in [1.82, 2.24) is 44.5 Å². The Kier molecular flexibility index (Phi) is 11.9. The van der Waals surface area contributed by atoms with Crippen molar-refractivity contribution in [3.8, 4) is 6.07 Å². The summed E-state index contributed by atoms with van der Waals surface area (Å²) < 4.78 is 58.0. The SMILES string of the molecule is CC(C)C(=O)Nc1nc2c(nnn2[C@@H]2O[C@H](COP(=S)(OCCC#N)OCCn3c(CO)nc4cncnc43)[C@@H](F)[C@H]2O[PH](=O)O)c(=O)[nH]1. The first-order valence-corrected chi connectivity index (χ1v) is 18.3. The van der Waals surface area contributed by atoms with Gasteiger partial charge in [0.05, 0.1) is 38.5 Å². The molecule has 5 heterocycles. The third-order valence-electron chi connectivity index (χ3n) is 6.90. The third kappa shape index (κ3) is 8.38. The van der Waals surface area contributed by atoms with Crippen LogP contribution in [0.1, 0.15) is 32.3 Å². The number of H-pyrrole nitrogens is 1. The van der Waals surface area contributed by atoms with Crippen molar-refractivity contribution in [3.05, 3.63) is 28.7 Å². The highest BCUT2D eigenvalue weighted by molar-refractivity contribution is 8.07. The van der Waals surface area contributed by atoms with Crippen molar-refractivity contribution < 1.29 is 46.6 Å². The second-order valence-corrected chi connectivity index (χ2v) is 14.3. The molecule has 5 rings (SSSR count). The molecule has 1 fully saturated rings. The van der Waals surface area contributed by atoms with Gasteiger partial charge in [-0.1, -0.05) is 19.1 Å². The van der Waals surface area contributed by atoms with E-state index in [9.17, 15) is 24.2 Å². The zero-order chi connectivity index (χ0) is 35.3. The normalized spacial score (nSPS) is 21.2. The highest BCUT2D eigenvalue weighted by Crippen LogP contribution is 2.51. The number of aliphatic hydroxyl groups is 1. The Morgan fingerprint density at radius 1 is 1.31 bits per heavy atom. The number of ether oxygens (including phenoxy) is 1. The van der Waals surface area contributed by atoms with Gasteiger partial charge in [0.15, 0.2) is 29.2 Å². The molecule has 1 aliphatic heterocycles. The van der Waals surface area contributed by atoms with E-state index in [4.69, 9.17) is 39.9 Å². The molecule has 0 aromatic carbocycles. The van der Waals surface area contributed by atoms with Gasteiger partial charge in [0, 0.05) is 12.5 Å². The predicted molar refractivity (Wildman–Crippen MR) is 168 cm³/mol. The second kappa shape index (κ2) is 15.9. The van der Waals surface area contributed by atoms with Gasteiger partial charge in [-0.3, -0.25) is 29.0 Å². The summed E-state index contributed by atoms with van der Waals surface area (Å²) in [6, 6.07) is 1.90. The number of hydrogen-bond acceptors (Lipinski definition) is 17. The number of rotatable bonds is 16. The van der Waals surface area contributed by atoms with E-state index in [1.165, 1.54) is 12.5 Å². The van der Waals surface area contributed by atoms with E-state index in [-0.39, 0.29) is 49.1 Å². The van der Waals surface area contributed by atoms with Gasteiger partial charge in [0.2, 0.25) is 11.9 Å². The van der Waals surface area contributed by atoms with Crippen molar-refractivity contribution in [2.45, 2.75) is 58.0 Å². The summed E-state index contributed by atoms with van der Waals surface area (Å²) in [6.45, 7) is -1.71. The van der Waals surface area contributed by atoms with Gasteiger partial charge in [0.25, 0.3) is 5.56 Å². The standard InChI is InChI=1S/C24H30FN11O10P2S/c1-12(2)21(38)31-24-30-20-17(22(39)32-24)33-34-36(20)23-18(46-47(40)41)16(25)14(45-23)10-44-48(49,42-6-3-4-26)43-7-5-35-15(9-37)29-13-8-27-11-28-19(13)35/h8,11-12,14,16,18,23,37,47H,3,5-7,9-10H2,1-2H3,(H,40,41)(H2,30,31,32,38,39)/t14-,16-,18-,23-,48?/m1/s1. The van der Waals surface area contributed by atoms with Crippen LogP contribution in [0.5, 0.6) is 0 Å². The smallest absolute Gasteiger partial charge is 0.327 e. The van der Waals surface area contributed by atoms with E-state index in [1.54, 1.807) is 18.4 Å². The van der Waals surface area contributed by atoms with Gasteiger partial charge in [0.1, 0.15) is 36.5 Å². The number of nitrogens with zero attached hydrogens (tertiary/aromatic N) is 9. The zero-order valence-electron chi connectivity index (χ0n) is 25.7. The first kappa shape index (κ1) is 36.6. The average molecular weight is 746 g/mol. The Balaban J connectivity index is 1.35. The lowest BCUT2D eigenvalue weighted by atomic mass is 10.1. The largest absolute Gasteiger partial charge is 0.388 e. The molecular formula is C24H30FN11O10P2S. The molecule has 0 aliphatic carbocycles. The van der Waals surface area contributed by atoms with Crippen LogP contribution >= 0.6 is 15.0 Å². The molecule has 0 bridgehead atoms. The molecule has 1 aliphatic rings. The number of amides is 1. The number of carbonyl (C=O) groups is 1. The molecule has 1 amide bonds. The summed E-state index contributed by atoms with van der Waals surface area (Å²) in [5.74, 6) is -0.890. The number of halogens is 1. The Hall–Kier alpha value is -3.68. The molecule has 25 heteroatoms. The van der Waals surface area contributed by atoms with E-state index >= 15 is 4.39 Å². The van der Waals surface area contributed by atoms with Crippen molar-refractivity contribution >= 4 is 61.0 Å². The summed E-state index contributed by atoms with van der Waals surface area (Å²) in [6.07, 6.45) is -4.28. The number of nitrogens with one attached hydrogen (secondary N) is 2. The Labute approximate surface area is 280 Å². The van der Waals surface area contributed by atoms with Crippen LogP contribution in [0.4, 0.5) is 10.3 Å². The number of alkyl halides is 1. The molecular weight excluding hydrogens is 715 g/mol. The van der Waals surface area contributed by atoms with Crippen LogP contribution in [0, 0.1) is 17.2 Å². The summed E-state index contributed by atoms with van der Waals surface area (Å²) in [7, 11) is -3.75. The van der Waals surface area contributed by atoms with Gasteiger partial charge in [-0.15, -0.1) is 5.10 Å². The van der Waals surface area contributed by atoms with E-state index < -0.39 is 70.2 Å². The minimum absolute atomic E-state index is 0.0671. The van der Waals surface area contributed by atoms with Gasteiger partial charge in [-0.05, 0) is 11.8 Å². The monoisotopic (exact) mass is 745 g/mol. The first-order valence-electron chi connectivity index (χ1n) is 14.5. The summed E-state index contributed by atoms with van der Waals surface area (Å²) in [4.78, 5) is 53.3. The van der Waals surface area contributed by atoms with Crippen molar-refractivity contribution in [2.24, 2.45) is 5.92 Å². The van der Waals surface area contributed by atoms with Crippen LogP contribution in [-0.4, -0.2) is 98.6 Å². The fourth-order valence-electron chi connectivity index (χ4n) is 4.60. The minimum Gasteiger partial charge on any atom is -0.388 e. The van der Waals surface area contributed by atoms with Gasteiger partial charge >= 0.3 is 15.0 Å². The second-order valence-electron chi connectivity index (χ2n) is 10.5. The Morgan fingerprint density at radius 3 is 2.80 bits per heavy atom. The maximum absolute atomic E-state index is 15.9. The molecule has 264 valence electrons. The highest BCUT2D eigenvalue weighted by atomic mass is 32.5. The Bertz CT molecular complexity index is 1990. The van der Waals surface area contributed by atoms with Crippen molar-refractivity contribution in [1.29, 1.82) is 5.26 Å². The molecule has 2 unspecified atom stereocenters. The molecule has 4 aromatic rings. The lowest BCUT2D eigenvalue weighted by Crippen LogP contribution is -2.31. The maximum atomic E-state index is 15.9. The highest BCUT2D eigenvalue weighted by Gasteiger charge is 2.50. The third-order valence-corrected chi connectivity index (χ3v) is 9.78. The molecule has 1 saturated heterocycles. The van der Waals surface area contributed by atoms with E-state index in [1.807, 2.05) is 6.07 Å². The predicted octanol–water partition coefficient (Wildman–Crippen LogP) is 0.632. The molecule has 49 heavy (non-hydrogen) atoms. The van der Waals surface area contributed by atoms with Crippen LogP contribution in [-0.2, 0) is 57.1 Å². The molecule has 4 N–H and O–H groups in total. The van der Waals surface area contributed by atoms with Crippen LogP contribution in [0.25, 0.3) is 22.3 Å². The summed E-state index contributed by atoms with van der Waals surface area (Å²) in [5.41, 5.74) is -0.469. The van der Waals surface area contributed by atoms with Crippen LogP contribution in [0.15, 0.2) is 17.3 Å². The lowest BCUT2D eigenvalue weighted by molar-refractivity contribution is -0.118. The summed E-state index contributed by atoms with van der Waals surface area (Å²) >= 11 is 5.52. The number of hydrogen-bond donors (Lipinski definition) is 4. The number of aromatic nitrogens is 9. The molecule has 6 atom stereocenters. The summed E-state index contributed by atoms with van der Waals surface area (Å²) in [5, 5.41) is 28.8. The van der Waals surface area contributed by atoms with Crippen molar-refractivity contribution in [2.75, 3.05) is 25.1 Å². The van der Waals surface area contributed by atoms with Gasteiger partial charge < -0.3 is 32.9 Å². The minimum atomic E-state index is -3.75. The van der Waals surface area contributed by atoms with Gasteiger partial charge in [-0.2, -0.15) is 14.9 Å². The fraction of sp³-hybridized carbons (Fsp3) is 0.542. The van der Waals surface area contributed by atoms with E-state index in [0.29, 0.717) is 11.2 Å². The number of anilines is 1. The fourth-order valence-corrected chi connectivity index (χ4v) is 6.89. The van der Waals surface area contributed by atoms with Gasteiger partial charge in [-0.25, -0.2) is 19.3 Å². The number of imidazole rings is 1. The molecule has 0 spiro atoms. The molecule has 0 saturated carbocycles. The molecule has 0 radical (unpaired) electrons. The average Bonchev–Trinajstić information content (AvgIpc) is 3.74. The topological polar surface area (TPSA) is 277 Å². The van der Waals surface area contributed by atoms with Crippen LogP contribution in [0.3, 0.4) is 0 Å². The van der Waals surface area contributed by atoms with E-state index in [2.05, 4.69) is 40.5 Å². The number of aliphatic hydroxyl groups excluding tert-OH is 1. The van der Waals surface area contributed by atoms with Crippen LogP contribution in [0.2, 0.25) is 0 Å². The van der Waals surface area contributed by atoms with Crippen molar-refractivity contribution in [3.63, 3.8) is 0 Å². The Morgan fingerprint density at radius 2 is 2.08 bits per heavy atom. The number of aromatic amines is 1. The number of fused-ring (bicyclic) bond motifs is 2. The quantitative estimate of drug-likeness (QED) is 0.0904. The van der Waals surface area contributed by atoms with Crippen LogP contribution < -0.4 is 10.9 Å². The number of carbonyl (C=O) groups excluding carboxylic acids is 1. The zero-order valence-corrected chi connectivity index (χ0v) is 28.4. The lowest BCUT2D eigenvalue weighted by Gasteiger charge is -2.24. The molecule has 21 nitrogen and oxygen atoms in total. The van der Waals surface area contributed by atoms with E-state index in [0.717, 1.165) is 4.68 Å². The maximum Gasteiger partial charge on any atom is 0.327 e. The number of nitriles is 1.